The lowest BCUT2D eigenvalue weighted by atomic mass is 10.1. The average Bonchev–Trinajstić information content (AvgIpc) is 3.17. The maximum atomic E-state index is 11.9. The Kier molecular flexibility index (Phi) is 5.75. The fourth-order valence-electron chi connectivity index (χ4n) is 2.44. The molecule has 6 heteroatoms. The van der Waals surface area contributed by atoms with E-state index in [1.54, 1.807) is 37.4 Å². The Labute approximate surface area is 157 Å². The molecule has 0 saturated heterocycles. The van der Waals surface area contributed by atoms with Crippen molar-refractivity contribution < 1.29 is 19.1 Å². The molecule has 2 aromatic rings. The first-order valence-electron chi connectivity index (χ1n) is 8.33. The van der Waals surface area contributed by atoms with E-state index < -0.39 is 0 Å². The third-order valence-electron chi connectivity index (χ3n) is 3.80. The summed E-state index contributed by atoms with van der Waals surface area (Å²) in [6, 6.07) is 12.5. The average molecular weight is 362 g/mol. The van der Waals surface area contributed by atoms with Crippen molar-refractivity contribution in [2.75, 3.05) is 20.4 Å². The second kappa shape index (κ2) is 8.59. The summed E-state index contributed by atoms with van der Waals surface area (Å²) in [5, 5.41) is 5.26. The summed E-state index contributed by atoms with van der Waals surface area (Å²) in [6.45, 7) is 0.386. The van der Waals surface area contributed by atoms with Gasteiger partial charge in [0.15, 0.2) is 11.5 Å². The van der Waals surface area contributed by atoms with Gasteiger partial charge < -0.3 is 20.1 Å². The van der Waals surface area contributed by atoms with E-state index in [0.717, 1.165) is 5.56 Å². The van der Waals surface area contributed by atoms with Crippen molar-refractivity contribution in [1.82, 2.24) is 10.6 Å². The van der Waals surface area contributed by atoms with E-state index in [0.29, 0.717) is 22.6 Å². The van der Waals surface area contributed by atoms with Crippen molar-refractivity contribution in [3.8, 4) is 23.3 Å². The minimum atomic E-state index is -0.262. The van der Waals surface area contributed by atoms with E-state index in [1.807, 2.05) is 18.2 Å². The molecule has 2 aromatic carbocycles. The molecule has 0 aliphatic carbocycles. The lowest BCUT2D eigenvalue weighted by Gasteiger charge is -2.02. The molecule has 27 heavy (non-hydrogen) atoms. The van der Waals surface area contributed by atoms with E-state index in [1.165, 1.54) is 6.08 Å². The number of amides is 2. The zero-order valence-corrected chi connectivity index (χ0v) is 14.7. The van der Waals surface area contributed by atoms with Gasteiger partial charge in [0.2, 0.25) is 12.7 Å². The Morgan fingerprint density at radius 3 is 2.81 bits per heavy atom. The number of rotatable bonds is 4. The van der Waals surface area contributed by atoms with E-state index in [9.17, 15) is 9.59 Å². The Morgan fingerprint density at radius 1 is 1.15 bits per heavy atom. The summed E-state index contributed by atoms with van der Waals surface area (Å²) < 4.78 is 10.5. The topological polar surface area (TPSA) is 76.7 Å². The van der Waals surface area contributed by atoms with Gasteiger partial charge in [0, 0.05) is 18.7 Å². The number of carbonyl (C=O) groups is 2. The monoisotopic (exact) mass is 362 g/mol. The molecule has 1 aliphatic heterocycles. The Morgan fingerprint density at radius 2 is 1.96 bits per heavy atom. The molecule has 1 aliphatic rings. The number of hydrogen-bond acceptors (Lipinski definition) is 4. The third-order valence-corrected chi connectivity index (χ3v) is 3.80. The van der Waals surface area contributed by atoms with E-state index in [2.05, 4.69) is 22.5 Å². The van der Waals surface area contributed by atoms with Crippen LogP contribution < -0.4 is 20.1 Å². The van der Waals surface area contributed by atoms with Gasteiger partial charge in [-0.1, -0.05) is 30.0 Å². The van der Waals surface area contributed by atoms with Gasteiger partial charge in [0.05, 0.1) is 12.1 Å². The summed E-state index contributed by atoms with van der Waals surface area (Å²) in [7, 11) is 1.57. The van der Waals surface area contributed by atoms with Gasteiger partial charge >= 0.3 is 0 Å². The van der Waals surface area contributed by atoms with Crippen LogP contribution in [0, 0.1) is 11.8 Å². The summed E-state index contributed by atoms with van der Waals surface area (Å²) in [5.74, 6) is 6.66. The van der Waals surface area contributed by atoms with Gasteiger partial charge in [-0.25, -0.2) is 0 Å². The zero-order chi connectivity index (χ0) is 19.1. The maximum absolute atomic E-state index is 11.9. The Balaban J connectivity index is 1.55. The molecule has 3 rings (SSSR count). The van der Waals surface area contributed by atoms with Gasteiger partial charge in [-0.15, -0.1) is 0 Å². The molecular weight excluding hydrogens is 344 g/mol. The molecule has 0 aromatic heterocycles. The van der Waals surface area contributed by atoms with E-state index >= 15 is 0 Å². The van der Waals surface area contributed by atoms with Crippen molar-refractivity contribution in [2.45, 2.75) is 0 Å². The Hall–Kier alpha value is -3.72. The number of fused-ring (bicyclic) bond motifs is 1. The molecule has 0 bridgehead atoms. The quantitative estimate of drug-likeness (QED) is 0.644. The largest absolute Gasteiger partial charge is 0.454 e. The number of benzene rings is 2. The molecule has 1 heterocycles. The molecule has 0 unspecified atom stereocenters. The van der Waals surface area contributed by atoms with Crippen LogP contribution >= 0.6 is 0 Å². The molecule has 0 saturated carbocycles. The second-order valence-corrected chi connectivity index (χ2v) is 5.59. The van der Waals surface area contributed by atoms with Crippen LogP contribution in [0.1, 0.15) is 21.5 Å². The highest BCUT2D eigenvalue weighted by Gasteiger charge is 2.12. The fourth-order valence-corrected chi connectivity index (χ4v) is 2.44. The number of hydrogen-bond donors (Lipinski definition) is 2. The van der Waals surface area contributed by atoms with Crippen molar-refractivity contribution >= 4 is 17.9 Å². The standard InChI is InChI=1S/C21H18N2O4/c1-22-21(25)17-7-3-2-5-16(17)6-4-12-23-20(24)11-9-15-8-10-18-19(13-15)27-14-26-18/h2-3,5,7-11,13H,12,14H2,1H3,(H,22,25)(H,23,24)/b11-9+. The highest BCUT2D eigenvalue weighted by atomic mass is 16.7. The molecule has 136 valence electrons. The van der Waals surface area contributed by atoms with E-state index in [-0.39, 0.29) is 25.2 Å². The molecule has 2 N–H and O–H groups in total. The normalized spacial score (nSPS) is 11.6. The van der Waals surface area contributed by atoms with Crippen LogP contribution in [0.2, 0.25) is 0 Å². The second-order valence-electron chi connectivity index (χ2n) is 5.59. The summed E-state index contributed by atoms with van der Waals surface area (Å²) in [5.41, 5.74) is 1.95. The van der Waals surface area contributed by atoms with E-state index in [4.69, 9.17) is 9.47 Å². The molecule has 0 spiro atoms. The zero-order valence-electron chi connectivity index (χ0n) is 14.7. The van der Waals surface area contributed by atoms with Crippen molar-refractivity contribution in [3.05, 3.63) is 65.2 Å². The highest BCUT2D eigenvalue weighted by Crippen LogP contribution is 2.32. The molecular formula is C21H18N2O4. The lowest BCUT2D eigenvalue weighted by molar-refractivity contribution is -0.116. The molecule has 0 atom stereocenters. The van der Waals surface area contributed by atoms with Crippen LogP contribution in [0.15, 0.2) is 48.5 Å². The summed E-state index contributed by atoms with van der Waals surface area (Å²) >= 11 is 0. The van der Waals surface area contributed by atoms with Crippen LogP contribution in [-0.2, 0) is 4.79 Å². The van der Waals surface area contributed by atoms with Crippen molar-refractivity contribution in [2.24, 2.45) is 0 Å². The van der Waals surface area contributed by atoms with Crippen molar-refractivity contribution in [3.63, 3.8) is 0 Å². The molecule has 6 nitrogen and oxygen atoms in total. The van der Waals surface area contributed by atoms with Gasteiger partial charge in [-0.3, -0.25) is 9.59 Å². The molecule has 0 fully saturated rings. The van der Waals surface area contributed by atoms with Crippen LogP contribution in [0.5, 0.6) is 11.5 Å². The number of nitrogens with one attached hydrogen (secondary N) is 2. The van der Waals surface area contributed by atoms with Crippen LogP contribution in [-0.4, -0.2) is 32.2 Å². The predicted molar refractivity (Wildman–Crippen MR) is 101 cm³/mol. The first-order valence-corrected chi connectivity index (χ1v) is 8.33. The van der Waals surface area contributed by atoms with Gasteiger partial charge in [-0.05, 0) is 35.9 Å². The lowest BCUT2D eigenvalue weighted by Crippen LogP contribution is -2.21. The molecule has 0 radical (unpaired) electrons. The first kappa shape index (κ1) is 18.1. The number of ether oxygens (including phenoxy) is 2. The van der Waals surface area contributed by atoms with Crippen LogP contribution in [0.3, 0.4) is 0 Å². The smallest absolute Gasteiger partial charge is 0.252 e. The fraction of sp³-hybridized carbons (Fsp3) is 0.143. The maximum Gasteiger partial charge on any atom is 0.252 e. The van der Waals surface area contributed by atoms with Gasteiger partial charge in [0.25, 0.3) is 5.91 Å². The van der Waals surface area contributed by atoms with Crippen LogP contribution in [0.25, 0.3) is 6.08 Å². The van der Waals surface area contributed by atoms with Crippen LogP contribution in [0.4, 0.5) is 0 Å². The SMILES string of the molecule is CNC(=O)c1ccccc1C#CCNC(=O)/C=C/c1ccc2c(c1)OCO2. The highest BCUT2D eigenvalue weighted by molar-refractivity contribution is 5.96. The molecule has 2 amide bonds. The third kappa shape index (κ3) is 4.67. The number of carbonyl (C=O) groups excluding carboxylic acids is 2. The van der Waals surface area contributed by atoms with Gasteiger partial charge in [-0.2, -0.15) is 0 Å². The van der Waals surface area contributed by atoms with Crippen molar-refractivity contribution in [1.29, 1.82) is 0 Å². The Bertz CT molecular complexity index is 954. The minimum Gasteiger partial charge on any atom is -0.454 e. The van der Waals surface area contributed by atoms with Gasteiger partial charge in [0.1, 0.15) is 0 Å². The minimum absolute atomic E-state index is 0.173. The summed E-state index contributed by atoms with van der Waals surface area (Å²) in [4.78, 5) is 23.7. The first-order chi connectivity index (χ1) is 13.2. The summed E-state index contributed by atoms with van der Waals surface area (Å²) in [6.07, 6.45) is 3.11. The predicted octanol–water partition coefficient (Wildman–Crippen LogP) is 1.96.